The number of ether oxygens (including phenoxy) is 1. The van der Waals surface area contributed by atoms with Crippen molar-refractivity contribution in [1.82, 2.24) is 5.43 Å². The summed E-state index contributed by atoms with van der Waals surface area (Å²) in [6.07, 6.45) is 1.54. The van der Waals surface area contributed by atoms with Crippen LogP contribution in [0.5, 0.6) is 5.75 Å². The Balaban J connectivity index is 1.84. The van der Waals surface area contributed by atoms with Gasteiger partial charge in [-0.1, -0.05) is 23.7 Å². The smallest absolute Gasteiger partial charge is 0.277 e. The number of carbonyl (C=O) groups is 1. The van der Waals surface area contributed by atoms with Gasteiger partial charge in [-0.3, -0.25) is 4.79 Å². The first-order chi connectivity index (χ1) is 9.66. The lowest BCUT2D eigenvalue weighted by Crippen LogP contribution is -2.25. The molecule has 1 aromatic heterocycles. The van der Waals surface area contributed by atoms with Gasteiger partial charge >= 0.3 is 0 Å². The maximum absolute atomic E-state index is 11.6. The molecule has 2 aromatic rings. The number of hydrogen-bond acceptors (Lipinski definition) is 4. The summed E-state index contributed by atoms with van der Waals surface area (Å²) < 4.78 is 10.4. The van der Waals surface area contributed by atoms with Gasteiger partial charge in [0.2, 0.25) is 0 Å². The Kier molecular flexibility index (Phi) is 4.79. The second-order valence-electron chi connectivity index (χ2n) is 3.93. The molecule has 0 unspecified atom stereocenters. The SMILES string of the molecule is C/C(=N/NC(=O)COc1ccccc1Cl)c1ccco1. The van der Waals surface area contributed by atoms with Crippen LogP contribution >= 0.6 is 11.6 Å². The number of nitrogens with one attached hydrogen (secondary N) is 1. The average Bonchev–Trinajstić information content (AvgIpc) is 2.98. The molecule has 0 aliphatic heterocycles. The van der Waals surface area contributed by atoms with E-state index in [2.05, 4.69) is 10.5 Å². The summed E-state index contributed by atoms with van der Waals surface area (Å²) in [6, 6.07) is 10.4. The predicted molar refractivity (Wildman–Crippen MR) is 76.0 cm³/mol. The topological polar surface area (TPSA) is 63.8 Å². The normalized spacial score (nSPS) is 11.2. The predicted octanol–water partition coefficient (Wildman–Crippen LogP) is 2.85. The zero-order valence-corrected chi connectivity index (χ0v) is 11.6. The Morgan fingerprint density at radius 1 is 1.35 bits per heavy atom. The maximum atomic E-state index is 11.6. The van der Waals surface area contributed by atoms with Crippen molar-refractivity contribution in [2.45, 2.75) is 6.92 Å². The number of hydrogen-bond donors (Lipinski definition) is 1. The van der Waals surface area contributed by atoms with Gasteiger partial charge in [0.05, 0.1) is 11.3 Å². The van der Waals surface area contributed by atoms with Crippen LogP contribution in [0.25, 0.3) is 0 Å². The van der Waals surface area contributed by atoms with Gasteiger partial charge in [-0.25, -0.2) is 5.43 Å². The van der Waals surface area contributed by atoms with Crippen molar-refractivity contribution in [3.8, 4) is 5.75 Å². The largest absolute Gasteiger partial charge is 0.482 e. The van der Waals surface area contributed by atoms with Gasteiger partial charge in [0, 0.05) is 0 Å². The summed E-state index contributed by atoms with van der Waals surface area (Å²) in [5.74, 6) is 0.671. The highest BCUT2D eigenvalue weighted by molar-refractivity contribution is 6.32. The third kappa shape index (κ3) is 3.86. The second-order valence-corrected chi connectivity index (χ2v) is 4.34. The minimum atomic E-state index is -0.379. The zero-order valence-electron chi connectivity index (χ0n) is 10.8. The van der Waals surface area contributed by atoms with E-state index in [-0.39, 0.29) is 12.5 Å². The molecule has 6 heteroatoms. The maximum Gasteiger partial charge on any atom is 0.277 e. The van der Waals surface area contributed by atoms with Gasteiger partial charge in [0.1, 0.15) is 17.2 Å². The van der Waals surface area contributed by atoms with E-state index in [4.69, 9.17) is 20.8 Å². The monoisotopic (exact) mass is 292 g/mol. The average molecular weight is 293 g/mol. The van der Waals surface area contributed by atoms with Crippen LogP contribution in [-0.2, 0) is 4.79 Å². The minimum absolute atomic E-state index is 0.168. The zero-order chi connectivity index (χ0) is 14.4. The standard InChI is InChI=1S/C14H13ClN2O3/c1-10(12-7-4-8-19-12)16-17-14(18)9-20-13-6-3-2-5-11(13)15/h2-8H,9H2,1H3,(H,17,18)/b16-10-. The lowest BCUT2D eigenvalue weighted by atomic mass is 10.3. The number of hydrazone groups is 1. The van der Waals surface area contributed by atoms with Gasteiger partial charge in [0.25, 0.3) is 5.91 Å². The Bertz CT molecular complexity index is 609. The van der Waals surface area contributed by atoms with Crippen LogP contribution < -0.4 is 10.2 Å². The number of rotatable bonds is 5. The molecule has 0 fully saturated rings. The molecule has 0 aliphatic rings. The Hall–Kier alpha value is -2.27. The van der Waals surface area contributed by atoms with E-state index in [0.29, 0.717) is 22.2 Å². The first-order valence-corrected chi connectivity index (χ1v) is 6.29. The van der Waals surface area contributed by atoms with Crippen LogP contribution in [0.3, 0.4) is 0 Å². The molecule has 2 rings (SSSR count). The van der Waals surface area contributed by atoms with Crippen molar-refractivity contribution >= 4 is 23.2 Å². The quantitative estimate of drug-likeness (QED) is 0.681. The number of benzene rings is 1. The Morgan fingerprint density at radius 3 is 2.85 bits per heavy atom. The van der Waals surface area contributed by atoms with Crippen molar-refractivity contribution in [2.24, 2.45) is 5.10 Å². The first kappa shape index (κ1) is 14.1. The third-order valence-electron chi connectivity index (χ3n) is 2.42. The first-order valence-electron chi connectivity index (χ1n) is 5.91. The molecule has 20 heavy (non-hydrogen) atoms. The Morgan fingerprint density at radius 2 is 2.15 bits per heavy atom. The molecule has 1 heterocycles. The summed E-state index contributed by atoms with van der Waals surface area (Å²) in [4.78, 5) is 11.6. The molecule has 1 N–H and O–H groups in total. The van der Waals surface area contributed by atoms with Crippen molar-refractivity contribution in [3.05, 3.63) is 53.4 Å². The summed E-state index contributed by atoms with van der Waals surface area (Å²) in [5, 5.41) is 4.37. The number of furan rings is 1. The number of carbonyl (C=O) groups excluding carboxylic acids is 1. The van der Waals surface area contributed by atoms with Gasteiger partial charge in [-0.15, -0.1) is 0 Å². The van der Waals surface area contributed by atoms with Crippen LogP contribution in [-0.4, -0.2) is 18.2 Å². The van der Waals surface area contributed by atoms with E-state index in [9.17, 15) is 4.79 Å². The van der Waals surface area contributed by atoms with E-state index in [1.54, 1.807) is 43.3 Å². The minimum Gasteiger partial charge on any atom is -0.482 e. The van der Waals surface area contributed by atoms with Gasteiger partial charge in [0.15, 0.2) is 6.61 Å². The summed E-state index contributed by atoms with van der Waals surface area (Å²) in [5.41, 5.74) is 2.95. The fraction of sp³-hybridized carbons (Fsp3) is 0.143. The lowest BCUT2D eigenvalue weighted by molar-refractivity contribution is -0.123. The van der Waals surface area contributed by atoms with E-state index < -0.39 is 0 Å². The third-order valence-corrected chi connectivity index (χ3v) is 2.73. The van der Waals surface area contributed by atoms with Gasteiger partial charge in [-0.2, -0.15) is 5.10 Å². The number of nitrogens with zero attached hydrogens (tertiary/aromatic N) is 1. The van der Waals surface area contributed by atoms with E-state index >= 15 is 0 Å². The summed E-state index contributed by atoms with van der Waals surface area (Å²) in [6.45, 7) is 1.56. The van der Waals surface area contributed by atoms with Crippen LogP contribution in [0.2, 0.25) is 5.02 Å². The van der Waals surface area contributed by atoms with Crippen molar-refractivity contribution in [2.75, 3.05) is 6.61 Å². The number of halogens is 1. The molecular formula is C14H13ClN2O3. The number of para-hydroxylation sites is 1. The molecule has 0 atom stereocenters. The molecule has 0 spiro atoms. The highest BCUT2D eigenvalue weighted by Gasteiger charge is 2.05. The molecular weight excluding hydrogens is 280 g/mol. The molecule has 1 amide bonds. The summed E-state index contributed by atoms with van der Waals surface area (Å²) in [7, 11) is 0. The Labute approximate surface area is 121 Å². The van der Waals surface area contributed by atoms with E-state index in [1.165, 1.54) is 6.26 Å². The number of amides is 1. The fourth-order valence-corrected chi connectivity index (χ4v) is 1.61. The van der Waals surface area contributed by atoms with Crippen molar-refractivity contribution < 1.29 is 13.9 Å². The molecule has 0 saturated carbocycles. The highest BCUT2D eigenvalue weighted by atomic mass is 35.5. The molecule has 1 aromatic carbocycles. The highest BCUT2D eigenvalue weighted by Crippen LogP contribution is 2.22. The van der Waals surface area contributed by atoms with E-state index in [1.807, 2.05) is 0 Å². The summed E-state index contributed by atoms with van der Waals surface area (Å²) >= 11 is 5.91. The van der Waals surface area contributed by atoms with Crippen LogP contribution in [0, 0.1) is 0 Å². The fourth-order valence-electron chi connectivity index (χ4n) is 1.42. The molecule has 0 aliphatic carbocycles. The van der Waals surface area contributed by atoms with Gasteiger partial charge in [-0.05, 0) is 31.2 Å². The molecule has 5 nitrogen and oxygen atoms in total. The second kappa shape index (κ2) is 6.77. The van der Waals surface area contributed by atoms with Gasteiger partial charge < -0.3 is 9.15 Å². The van der Waals surface area contributed by atoms with Crippen molar-refractivity contribution in [1.29, 1.82) is 0 Å². The molecule has 0 saturated heterocycles. The molecule has 0 bridgehead atoms. The van der Waals surface area contributed by atoms with Crippen LogP contribution in [0.1, 0.15) is 12.7 Å². The molecule has 0 radical (unpaired) electrons. The molecule has 104 valence electrons. The van der Waals surface area contributed by atoms with Crippen LogP contribution in [0.15, 0.2) is 52.2 Å². The lowest BCUT2D eigenvalue weighted by Gasteiger charge is -2.06. The van der Waals surface area contributed by atoms with Crippen molar-refractivity contribution in [3.63, 3.8) is 0 Å². The van der Waals surface area contributed by atoms with Crippen LogP contribution in [0.4, 0.5) is 0 Å². The van der Waals surface area contributed by atoms with E-state index in [0.717, 1.165) is 0 Å².